The highest BCUT2D eigenvalue weighted by molar-refractivity contribution is 8.00. The summed E-state index contributed by atoms with van der Waals surface area (Å²) in [7, 11) is 1.56. The third-order valence-corrected chi connectivity index (χ3v) is 7.93. The first kappa shape index (κ1) is 26.5. The minimum absolute atomic E-state index is 0.0864. The summed E-state index contributed by atoms with van der Waals surface area (Å²) in [5.41, 5.74) is 2.42. The van der Waals surface area contributed by atoms with Gasteiger partial charge in [-0.3, -0.25) is 19.0 Å². The molecule has 2 amide bonds. The molecule has 9 heteroatoms. The van der Waals surface area contributed by atoms with E-state index in [2.05, 4.69) is 10.6 Å². The molecular weight excluding hydrogens is 512 g/mol. The van der Waals surface area contributed by atoms with E-state index in [0.717, 1.165) is 18.4 Å². The molecule has 39 heavy (non-hydrogen) atoms. The summed E-state index contributed by atoms with van der Waals surface area (Å²) in [6, 6.07) is 22.0. The van der Waals surface area contributed by atoms with Crippen LogP contribution < -0.4 is 20.9 Å². The molecule has 0 aliphatic heterocycles. The molecule has 1 aliphatic carbocycles. The molecule has 1 aliphatic rings. The number of carbonyl (C=O) groups excluding carboxylic acids is 2. The lowest BCUT2D eigenvalue weighted by Crippen LogP contribution is -2.28. The number of carbonyl (C=O) groups is 2. The zero-order chi connectivity index (χ0) is 27.4. The van der Waals surface area contributed by atoms with Gasteiger partial charge in [0.2, 0.25) is 5.91 Å². The fraction of sp³-hybridized carbons (Fsp3) is 0.267. The number of nitrogens with one attached hydrogen (secondary N) is 2. The van der Waals surface area contributed by atoms with Gasteiger partial charge in [0, 0.05) is 11.6 Å². The van der Waals surface area contributed by atoms with Gasteiger partial charge in [0.15, 0.2) is 5.16 Å². The standard InChI is InChI=1S/C30H30N4O4S/c1-3-26(28(36)32-24-10-6-7-11-25(24)38-2)39-30-33-23-9-5-4-8-22(23)29(37)34(30)18-19-12-14-20(15-13-19)27(35)31-21-16-17-21/h4-15,21,26H,3,16-18H2,1-2H3,(H,31,35)(H,32,36). The van der Waals surface area contributed by atoms with Crippen molar-refractivity contribution in [2.45, 2.75) is 49.2 Å². The summed E-state index contributed by atoms with van der Waals surface area (Å²) in [5.74, 6) is 0.282. The number of para-hydroxylation sites is 3. The number of hydrogen-bond acceptors (Lipinski definition) is 6. The van der Waals surface area contributed by atoms with Crippen LogP contribution in [-0.4, -0.2) is 39.8 Å². The number of aromatic nitrogens is 2. The van der Waals surface area contributed by atoms with Crippen molar-refractivity contribution in [1.29, 1.82) is 0 Å². The van der Waals surface area contributed by atoms with Crippen LogP contribution in [0.3, 0.4) is 0 Å². The number of amides is 2. The number of methoxy groups -OCH3 is 1. The molecule has 200 valence electrons. The Bertz CT molecular complexity index is 1560. The number of fused-ring (bicyclic) bond motifs is 1. The topological polar surface area (TPSA) is 102 Å². The Kier molecular flexibility index (Phi) is 7.97. The van der Waals surface area contributed by atoms with E-state index >= 15 is 0 Å². The van der Waals surface area contributed by atoms with Crippen molar-refractivity contribution in [3.63, 3.8) is 0 Å². The van der Waals surface area contributed by atoms with Crippen LogP contribution in [0.1, 0.15) is 42.1 Å². The van der Waals surface area contributed by atoms with Gasteiger partial charge < -0.3 is 15.4 Å². The Morgan fingerprint density at radius 3 is 2.49 bits per heavy atom. The lowest BCUT2D eigenvalue weighted by Gasteiger charge is -2.19. The highest BCUT2D eigenvalue weighted by atomic mass is 32.2. The van der Waals surface area contributed by atoms with Gasteiger partial charge in [-0.05, 0) is 61.2 Å². The third-order valence-electron chi connectivity index (χ3n) is 6.57. The number of benzene rings is 3. The molecule has 1 saturated carbocycles. The molecule has 1 heterocycles. The Hall–Kier alpha value is -4.11. The van der Waals surface area contributed by atoms with E-state index in [9.17, 15) is 14.4 Å². The number of ether oxygens (including phenoxy) is 1. The highest BCUT2D eigenvalue weighted by Crippen LogP contribution is 2.29. The predicted octanol–water partition coefficient (Wildman–Crippen LogP) is 4.86. The van der Waals surface area contributed by atoms with Gasteiger partial charge in [0.25, 0.3) is 11.5 Å². The molecule has 0 spiro atoms. The van der Waals surface area contributed by atoms with Crippen LogP contribution in [0, 0.1) is 0 Å². The van der Waals surface area contributed by atoms with Gasteiger partial charge >= 0.3 is 0 Å². The van der Waals surface area contributed by atoms with E-state index in [1.807, 2.05) is 43.3 Å². The van der Waals surface area contributed by atoms with Crippen LogP contribution in [0.15, 0.2) is 82.7 Å². The fourth-order valence-corrected chi connectivity index (χ4v) is 5.24. The second-order valence-electron chi connectivity index (χ2n) is 9.45. The number of rotatable bonds is 10. The van der Waals surface area contributed by atoms with Gasteiger partial charge in [-0.25, -0.2) is 4.98 Å². The van der Waals surface area contributed by atoms with E-state index in [4.69, 9.17) is 9.72 Å². The van der Waals surface area contributed by atoms with Crippen molar-refractivity contribution < 1.29 is 14.3 Å². The van der Waals surface area contributed by atoms with Crippen molar-refractivity contribution in [2.24, 2.45) is 0 Å². The van der Waals surface area contributed by atoms with E-state index in [1.54, 1.807) is 48.1 Å². The zero-order valence-corrected chi connectivity index (χ0v) is 22.7. The maximum Gasteiger partial charge on any atom is 0.262 e. The molecule has 2 N–H and O–H groups in total. The molecule has 8 nitrogen and oxygen atoms in total. The van der Waals surface area contributed by atoms with Crippen LogP contribution in [-0.2, 0) is 11.3 Å². The number of nitrogens with zero attached hydrogens (tertiary/aromatic N) is 2. The van der Waals surface area contributed by atoms with Crippen LogP contribution in [0.2, 0.25) is 0 Å². The quantitative estimate of drug-likeness (QED) is 0.219. The number of thioether (sulfide) groups is 1. The van der Waals surface area contributed by atoms with Gasteiger partial charge in [-0.1, -0.05) is 55.1 Å². The molecular formula is C30H30N4O4S. The molecule has 5 rings (SSSR count). The van der Waals surface area contributed by atoms with E-state index in [-0.39, 0.29) is 30.0 Å². The summed E-state index contributed by atoms with van der Waals surface area (Å²) in [4.78, 5) is 44.0. The molecule has 3 aromatic carbocycles. The van der Waals surface area contributed by atoms with Crippen molar-refractivity contribution in [2.75, 3.05) is 12.4 Å². The Balaban J connectivity index is 1.43. The maximum atomic E-state index is 13.6. The monoisotopic (exact) mass is 542 g/mol. The second kappa shape index (κ2) is 11.7. The minimum Gasteiger partial charge on any atom is -0.495 e. The lowest BCUT2D eigenvalue weighted by atomic mass is 10.1. The van der Waals surface area contributed by atoms with Gasteiger partial charge in [-0.2, -0.15) is 0 Å². The van der Waals surface area contributed by atoms with Crippen LogP contribution in [0.25, 0.3) is 10.9 Å². The average Bonchev–Trinajstić information content (AvgIpc) is 3.78. The first-order valence-electron chi connectivity index (χ1n) is 13.0. The van der Waals surface area contributed by atoms with Crippen molar-refractivity contribution >= 4 is 40.2 Å². The smallest absolute Gasteiger partial charge is 0.262 e. The molecule has 4 aromatic rings. The van der Waals surface area contributed by atoms with Crippen molar-refractivity contribution in [3.8, 4) is 5.75 Å². The van der Waals surface area contributed by atoms with E-state index in [0.29, 0.717) is 39.5 Å². The van der Waals surface area contributed by atoms with Crippen molar-refractivity contribution in [3.05, 3.63) is 94.3 Å². The fourth-order valence-electron chi connectivity index (χ4n) is 4.23. The van der Waals surface area contributed by atoms with E-state index in [1.165, 1.54) is 11.8 Å². The van der Waals surface area contributed by atoms with Crippen molar-refractivity contribution in [1.82, 2.24) is 14.9 Å². The first-order valence-corrected chi connectivity index (χ1v) is 13.8. The first-order chi connectivity index (χ1) is 19.0. The molecule has 0 radical (unpaired) electrons. The number of anilines is 1. The molecule has 1 unspecified atom stereocenters. The van der Waals surface area contributed by atoms with Crippen LogP contribution in [0.4, 0.5) is 5.69 Å². The Morgan fingerprint density at radius 2 is 1.77 bits per heavy atom. The van der Waals surface area contributed by atoms with Crippen LogP contribution in [0.5, 0.6) is 5.75 Å². The second-order valence-corrected chi connectivity index (χ2v) is 10.6. The normalized spacial score (nSPS) is 13.6. The van der Waals surface area contributed by atoms with Gasteiger partial charge in [0.1, 0.15) is 5.75 Å². The predicted molar refractivity (Wildman–Crippen MR) is 154 cm³/mol. The average molecular weight is 543 g/mol. The SMILES string of the molecule is CCC(Sc1nc2ccccc2c(=O)n1Cc1ccc(C(=O)NC2CC2)cc1)C(=O)Nc1ccccc1OC. The van der Waals surface area contributed by atoms with Gasteiger partial charge in [0.05, 0.1) is 35.5 Å². The lowest BCUT2D eigenvalue weighted by molar-refractivity contribution is -0.115. The Morgan fingerprint density at radius 1 is 1.05 bits per heavy atom. The molecule has 0 bridgehead atoms. The summed E-state index contributed by atoms with van der Waals surface area (Å²) in [6.45, 7) is 2.18. The Labute approximate surface area is 230 Å². The van der Waals surface area contributed by atoms with Crippen LogP contribution >= 0.6 is 11.8 Å². The highest BCUT2D eigenvalue weighted by Gasteiger charge is 2.25. The summed E-state index contributed by atoms with van der Waals surface area (Å²) in [5, 5.41) is 6.40. The number of hydrogen-bond donors (Lipinski definition) is 2. The summed E-state index contributed by atoms with van der Waals surface area (Å²) < 4.78 is 6.97. The molecule has 1 fully saturated rings. The third kappa shape index (κ3) is 6.15. The molecule has 1 atom stereocenters. The van der Waals surface area contributed by atoms with Gasteiger partial charge in [-0.15, -0.1) is 0 Å². The summed E-state index contributed by atoms with van der Waals surface area (Å²) >= 11 is 1.26. The summed E-state index contributed by atoms with van der Waals surface area (Å²) in [6.07, 6.45) is 2.58. The zero-order valence-electron chi connectivity index (χ0n) is 21.8. The molecule has 0 saturated heterocycles. The van der Waals surface area contributed by atoms with E-state index < -0.39 is 5.25 Å². The maximum absolute atomic E-state index is 13.6. The largest absolute Gasteiger partial charge is 0.495 e. The minimum atomic E-state index is -0.497. The molecule has 1 aromatic heterocycles.